The number of hydrogen-bond donors (Lipinski definition) is 2. The number of aromatic nitrogens is 2. The monoisotopic (exact) mass is 275 g/mol. The lowest BCUT2D eigenvalue weighted by Gasteiger charge is -2.23. The molecule has 108 valence electrons. The lowest BCUT2D eigenvalue weighted by molar-refractivity contribution is 0.0481. The number of rotatable bonds is 2. The van der Waals surface area contributed by atoms with Crippen LogP contribution in [0.4, 0.5) is 5.82 Å². The van der Waals surface area contributed by atoms with Crippen LogP contribution in [-0.2, 0) is 6.61 Å². The lowest BCUT2D eigenvalue weighted by atomic mass is 9.98. The molecule has 0 radical (unpaired) electrons. The molecule has 2 aromatic heterocycles. The molecular formula is C15H21N3O2. The summed E-state index contributed by atoms with van der Waals surface area (Å²) < 4.78 is 1.93. The molecule has 1 fully saturated rings. The first kappa shape index (κ1) is 13.4. The molecule has 1 unspecified atom stereocenters. The Morgan fingerprint density at radius 2 is 2.15 bits per heavy atom. The van der Waals surface area contributed by atoms with Gasteiger partial charge in [-0.25, -0.2) is 4.98 Å². The Morgan fingerprint density at radius 3 is 2.95 bits per heavy atom. The number of aliphatic hydroxyl groups is 2. The van der Waals surface area contributed by atoms with Crippen LogP contribution in [-0.4, -0.2) is 38.3 Å². The Hall–Kier alpha value is -1.59. The number of fused-ring (bicyclic) bond motifs is 1. The van der Waals surface area contributed by atoms with E-state index < -0.39 is 5.60 Å². The second-order valence-corrected chi connectivity index (χ2v) is 5.81. The summed E-state index contributed by atoms with van der Waals surface area (Å²) in [4.78, 5) is 6.82. The van der Waals surface area contributed by atoms with E-state index in [-0.39, 0.29) is 6.61 Å². The van der Waals surface area contributed by atoms with Crippen LogP contribution < -0.4 is 4.90 Å². The number of nitrogens with zero attached hydrogens (tertiary/aromatic N) is 3. The largest absolute Gasteiger partial charge is 0.390 e. The van der Waals surface area contributed by atoms with Crippen molar-refractivity contribution in [1.82, 2.24) is 9.38 Å². The highest BCUT2D eigenvalue weighted by Gasteiger charge is 2.27. The molecule has 0 saturated carbocycles. The molecule has 20 heavy (non-hydrogen) atoms. The highest BCUT2D eigenvalue weighted by atomic mass is 16.3. The minimum Gasteiger partial charge on any atom is -0.390 e. The smallest absolute Gasteiger partial charge is 0.153 e. The summed E-state index contributed by atoms with van der Waals surface area (Å²) in [6.45, 7) is 3.50. The topological polar surface area (TPSA) is 61.0 Å². The second-order valence-electron chi connectivity index (χ2n) is 5.81. The maximum atomic E-state index is 10.2. The van der Waals surface area contributed by atoms with Gasteiger partial charge in [-0.2, -0.15) is 0 Å². The SMILES string of the molecule is CC1(O)CCCN(c2nc3ccccn3c2CO)CC1. The van der Waals surface area contributed by atoms with E-state index in [1.807, 2.05) is 35.7 Å². The molecule has 5 nitrogen and oxygen atoms in total. The van der Waals surface area contributed by atoms with Gasteiger partial charge in [0.1, 0.15) is 5.65 Å². The zero-order valence-corrected chi connectivity index (χ0v) is 11.8. The summed E-state index contributed by atoms with van der Waals surface area (Å²) >= 11 is 0. The molecule has 0 aliphatic carbocycles. The molecule has 0 aromatic carbocycles. The maximum Gasteiger partial charge on any atom is 0.153 e. The van der Waals surface area contributed by atoms with Crippen molar-refractivity contribution < 1.29 is 10.2 Å². The van der Waals surface area contributed by atoms with Crippen LogP contribution in [0.2, 0.25) is 0 Å². The highest BCUT2D eigenvalue weighted by Crippen LogP contribution is 2.27. The Labute approximate surface area is 118 Å². The van der Waals surface area contributed by atoms with Gasteiger partial charge >= 0.3 is 0 Å². The van der Waals surface area contributed by atoms with Gasteiger partial charge in [-0.05, 0) is 38.3 Å². The number of imidazole rings is 1. The molecule has 2 N–H and O–H groups in total. The number of hydrogen-bond acceptors (Lipinski definition) is 4. The summed E-state index contributed by atoms with van der Waals surface area (Å²) in [7, 11) is 0. The molecule has 0 amide bonds. The first-order valence-electron chi connectivity index (χ1n) is 7.15. The van der Waals surface area contributed by atoms with E-state index in [9.17, 15) is 10.2 Å². The molecule has 3 heterocycles. The zero-order valence-electron chi connectivity index (χ0n) is 11.8. The van der Waals surface area contributed by atoms with Gasteiger partial charge in [0.2, 0.25) is 0 Å². The van der Waals surface area contributed by atoms with Crippen LogP contribution >= 0.6 is 0 Å². The van der Waals surface area contributed by atoms with Gasteiger partial charge in [0.05, 0.1) is 17.9 Å². The molecular weight excluding hydrogens is 254 g/mol. The van der Waals surface area contributed by atoms with Gasteiger partial charge in [0.25, 0.3) is 0 Å². The third-order valence-electron chi connectivity index (χ3n) is 4.12. The fraction of sp³-hybridized carbons (Fsp3) is 0.533. The van der Waals surface area contributed by atoms with Crippen molar-refractivity contribution in [2.75, 3.05) is 18.0 Å². The Balaban J connectivity index is 1.97. The summed E-state index contributed by atoms with van der Waals surface area (Å²) in [5.74, 6) is 0.844. The lowest BCUT2D eigenvalue weighted by Crippen LogP contribution is -2.29. The van der Waals surface area contributed by atoms with Crippen LogP contribution in [0.3, 0.4) is 0 Å². The van der Waals surface area contributed by atoms with E-state index in [1.165, 1.54) is 0 Å². The minimum absolute atomic E-state index is 0.0343. The molecule has 0 spiro atoms. The summed E-state index contributed by atoms with van der Waals surface area (Å²) in [5.41, 5.74) is 1.08. The molecule has 1 aliphatic rings. The van der Waals surface area contributed by atoms with Crippen LogP contribution in [0.1, 0.15) is 31.9 Å². The minimum atomic E-state index is -0.590. The fourth-order valence-electron chi connectivity index (χ4n) is 2.91. The zero-order chi connectivity index (χ0) is 14.2. The van der Waals surface area contributed by atoms with Crippen molar-refractivity contribution in [2.45, 2.75) is 38.4 Å². The van der Waals surface area contributed by atoms with Gasteiger partial charge in [-0.15, -0.1) is 0 Å². The van der Waals surface area contributed by atoms with Crippen molar-refractivity contribution in [3.8, 4) is 0 Å². The molecule has 1 aliphatic heterocycles. The first-order chi connectivity index (χ1) is 9.61. The van der Waals surface area contributed by atoms with Crippen molar-refractivity contribution in [1.29, 1.82) is 0 Å². The highest BCUT2D eigenvalue weighted by molar-refractivity contribution is 5.55. The summed E-state index contributed by atoms with van der Waals surface area (Å²) in [6, 6.07) is 5.82. The van der Waals surface area contributed by atoms with E-state index >= 15 is 0 Å². The van der Waals surface area contributed by atoms with Crippen molar-refractivity contribution in [3.63, 3.8) is 0 Å². The van der Waals surface area contributed by atoms with E-state index in [1.54, 1.807) is 0 Å². The predicted octanol–water partition coefficient (Wildman–Crippen LogP) is 1.57. The molecule has 5 heteroatoms. The standard InChI is InChI=1S/C15H21N3O2/c1-15(20)6-4-8-17(10-7-15)14-12(11-19)18-9-3-2-5-13(18)16-14/h2-3,5,9,19-20H,4,6-8,10-11H2,1H3. The Morgan fingerprint density at radius 1 is 1.30 bits per heavy atom. The van der Waals surface area contributed by atoms with Gasteiger partial charge in [0.15, 0.2) is 5.82 Å². The molecule has 3 rings (SSSR count). The number of pyridine rings is 1. The van der Waals surface area contributed by atoms with Crippen LogP contribution in [0.25, 0.3) is 5.65 Å². The average molecular weight is 275 g/mol. The van der Waals surface area contributed by atoms with Gasteiger partial charge in [-0.3, -0.25) is 4.40 Å². The van der Waals surface area contributed by atoms with Crippen molar-refractivity contribution in [3.05, 3.63) is 30.1 Å². The van der Waals surface area contributed by atoms with Crippen molar-refractivity contribution >= 4 is 11.5 Å². The van der Waals surface area contributed by atoms with Crippen molar-refractivity contribution in [2.24, 2.45) is 0 Å². The normalized spacial score (nSPS) is 24.1. The fourth-order valence-corrected chi connectivity index (χ4v) is 2.91. The van der Waals surface area contributed by atoms with Crippen LogP contribution in [0, 0.1) is 0 Å². The van der Waals surface area contributed by atoms with E-state index in [4.69, 9.17) is 0 Å². The Bertz CT molecular complexity index is 606. The third-order valence-corrected chi connectivity index (χ3v) is 4.12. The quantitative estimate of drug-likeness (QED) is 0.873. The van der Waals surface area contributed by atoms with Crippen LogP contribution in [0.5, 0.6) is 0 Å². The third kappa shape index (κ3) is 2.39. The van der Waals surface area contributed by atoms with Gasteiger partial charge < -0.3 is 15.1 Å². The van der Waals surface area contributed by atoms with Gasteiger partial charge in [-0.1, -0.05) is 6.07 Å². The Kier molecular flexibility index (Phi) is 3.40. The van der Waals surface area contributed by atoms with E-state index in [2.05, 4.69) is 9.88 Å². The molecule has 1 saturated heterocycles. The predicted molar refractivity (Wildman–Crippen MR) is 77.8 cm³/mol. The van der Waals surface area contributed by atoms with Crippen LogP contribution in [0.15, 0.2) is 24.4 Å². The summed E-state index contributed by atoms with van der Waals surface area (Å²) in [5, 5.41) is 19.9. The van der Waals surface area contributed by atoms with E-state index in [0.29, 0.717) is 0 Å². The maximum absolute atomic E-state index is 10.2. The number of anilines is 1. The summed E-state index contributed by atoms with van der Waals surface area (Å²) in [6.07, 6.45) is 4.40. The van der Waals surface area contributed by atoms with Gasteiger partial charge in [0, 0.05) is 19.3 Å². The number of aliphatic hydroxyl groups excluding tert-OH is 1. The molecule has 2 aromatic rings. The molecule has 1 atom stereocenters. The molecule has 0 bridgehead atoms. The second kappa shape index (κ2) is 5.07. The first-order valence-corrected chi connectivity index (χ1v) is 7.15. The average Bonchev–Trinajstić information content (AvgIpc) is 2.70. The van der Waals surface area contributed by atoms with E-state index in [0.717, 1.165) is 49.5 Å².